The van der Waals surface area contributed by atoms with Crippen LogP contribution in [0.2, 0.25) is 0 Å². The summed E-state index contributed by atoms with van der Waals surface area (Å²) in [4.78, 5) is 11.5. The third-order valence-corrected chi connectivity index (χ3v) is 3.40. The van der Waals surface area contributed by atoms with Crippen LogP contribution < -0.4 is 0 Å². The van der Waals surface area contributed by atoms with Gasteiger partial charge in [-0.25, -0.2) is 0 Å². The van der Waals surface area contributed by atoms with E-state index >= 15 is 0 Å². The maximum atomic E-state index is 11.5. The lowest BCUT2D eigenvalue weighted by molar-refractivity contribution is -0.188. The Bertz CT molecular complexity index is 194. The average molecular weight is 154 g/mol. The van der Waals surface area contributed by atoms with Crippen LogP contribution in [0.4, 0.5) is 0 Å². The smallest absolute Gasteiger partial charge is 0.147 e. The third-order valence-electron chi connectivity index (χ3n) is 3.40. The summed E-state index contributed by atoms with van der Waals surface area (Å²) < 4.78 is 5.31. The Morgan fingerprint density at radius 1 is 1.55 bits per heavy atom. The topological polar surface area (TPSA) is 26.3 Å². The molecule has 0 aromatic heterocycles. The number of ketones is 1. The zero-order valence-corrected chi connectivity index (χ0v) is 7.09. The van der Waals surface area contributed by atoms with Gasteiger partial charge in [0.05, 0.1) is 11.5 Å². The van der Waals surface area contributed by atoms with E-state index in [1.165, 1.54) is 6.42 Å². The molecule has 2 aliphatic rings. The molecule has 0 aliphatic heterocycles. The van der Waals surface area contributed by atoms with Gasteiger partial charge in [0.1, 0.15) is 5.78 Å². The molecule has 2 rings (SSSR count). The first kappa shape index (κ1) is 7.29. The zero-order valence-electron chi connectivity index (χ0n) is 7.09. The molecule has 0 bridgehead atoms. The van der Waals surface area contributed by atoms with Gasteiger partial charge in [-0.3, -0.25) is 4.79 Å². The van der Waals surface area contributed by atoms with Crippen LogP contribution in [0.25, 0.3) is 0 Å². The number of rotatable bonds is 1. The highest BCUT2D eigenvalue weighted by atomic mass is 16.5. The van der Waals surface area contributed by atoms with E-state index in [-0.39, 0.29) is 17.4 Å². The molecule has 0 radical (unpaired) electrons. The molecular formula is C9H14O2. The first-order chi connectivity index (χ1) is 5.22. The van der Waals surface area contributed by atoms with Gasteiger partial charge in [-0.15, -0.1) is 0 Å². The zero-order chi connectivity index (χ0) is 8.06. The molecule has 62 valence electrons. The Balaban J connectivity index is 2.15. The van der Waals surface area contributed by atoms with E-state index in [1.807, 2.05) is 6.92 Å². The quantitative estimate of drug-likeness (QED) is 0.570. The van der Waals surface area contributed by atoms with E-state index in [1.54, 1.807) is 7.11 Å². The van der Waals surface area contributed by atoms with Crippen LogP contribution in [-0.4, -0.2) is 19.0 Å². The fourth-order valence-corrected chi connectivity index (χ4v) is 2.63. The van der Waals surface area contributed by atoms with Crippen molar-refractivity contribution in [1.29, 1.82) is 0 Å². The van der Waals surface area contributed by atoms with Crippen LogP contribution in [0.1, 0.15) is 26.2 Å². The Hall–Kier alpha value is -0.370. The third kappa shape index (κ3) is 0.639. The molecular weight excluding hydrogens is 140 g/mol. The first-order valence-corrected chi connectivity index (χ1v) is 4.29. The lowest BCUT2D eigenvalue weighted by atomic mass is 9.49. The number of hydrogen-bond donors (Lipinski definition) is 0. The average Bonchev–Trinajstić information content (AvgIpc) is 1.93. The summed E-state index contributed by atoms with van der Waals surface area (Å²) in [5.74, 6) is 0.593. The molecule has 2 unspecified atom stereocenters. The van der Waals surface area contributed by atoms with Gasteiger partial charge in [0.25, 0.3) is 0 Å². The lowest BCUT2D eigenvalue weighted by Crippen LogP contribution is -2.64. The van der Waals surface area contributed by atoms with Crippen molar-refractivity contribution in [3.8, 4) is 0 Å². The molecule has 0 aromatic rings. The van der Waals surface area contributed by atoms with E-state index in [0.29, 0.717) is 5.78 Å². The number of ether oxygens (including phenoxy) is 1. The van der Waals surface area contributed by atoms with Crippen LogP contribution in [0.3, 0.4) is 0 Å². The fourth-order valence-electron chi connectivity index (χ4n) is 2.63. The van der Waals surface area contributed by atoms with Gasteiger partial charge in [-0.05, 0) is 12.8 Å². The highest BCUT2D eigenvalue weighted by molar-refractivity contribution is 5.95. The van der Waals surface area contributed by atoms with Gasteiger partial charge in [0.15, 0.2) is 0 Å². The van der Waals surface area contributed by atoms with Crippen LogP contribution in [-0.2, 0) is 9.53 Å². The SMILES string of the molecule is COC1C(C)C(=O)C12CCC2. The van der Waals surface area contributed by atoms with Crippen molar-refractivity contribution >= 4 is 5.78 Å². The Morgan fingerprint density at radius 3 is 2.45 bits per heavy atom. The number of Topliss-reactive ketones (excluding diaryl/α,β-unsaturated/α-hetero) is 1. The minimum absolute atomic E-state index is 0.0197. The van der Waals surface area contributed by atoms with Crippen molar-refractivity contribution in [1.82, 2.24) is 0 Å². The predicted octanol–water partition coefficient (Wildman–Crippen LogP) is 1.39. The molecule has 0 saturated heterocycles. The molecule has 0 amide bonds. The Kier molecular flexibility index (Phi) is 1.37. The molecule has 11 heavy (non-hydrogen) atoms. The predicted molar refractivity (Wildman–Crippen MR) is 41.3 cm³/mol. The van der Waals surface area contributed by atoms with Crippen molar-refractivity contribution in [3.05, 3.63) is 0 Å². The summed E-state index contributed by atoms with van der Waals surface area (Å²) in [6.07, 6.45) is 3.56. The Morgan fingerprint density at radius 2 is 2.18 bits per heavy atom. The summed E-state index contributed by atoms with van der Waals surface area (Å²) in [5.41, 5.74) is -0.0197. The Labute approximate surface area is 66.9 Å². The van der Waals surface area contributed by atoms with Crippen molar-refractivity contribution in [3.63, 3.8) is 0 Å². The molecule has 2 aliphatic carbocycles. The standard InChI is InChI=1S/C9H14O2/c1-6-7(10)9(4-3-5-9)8(6)11-2/h6,8H,3-5H2,1-2H3. The molecule has 0 aromatic carbocycles. The van der Waals surface area contributed by atoms with Crippen molar-refractivity contribution < 1.29 is 9.53 Å². The second-order valence-corrected chi connectivity index (χ2v) is 3.82. The van der Waals surface area contributed by atoms with E-state index in [4.69, 9.17) is 4.74 Å². The minimum Gasteiger partial charge on any atom is -0.380 e. The van der Waals surface area contributed by atoms with Crippen molar-refractivity contribution in [2.75, 3.05) is 7.11 Å². The largest absolute Gasteiger partial charge is 0.380 e. The van der Waals surface area contributed by atoms with Gasteiger partial charge in [0, 0.05) is 13.0 Å². The molecule has 2 atom stereocenters. The van der Waals surface area contributed by atoms with Gasteiger partial charge in [-0.1, -0.05) is 13.3 Å². The van der Waals surface area contributed by atoms with E-state index < -0.39 is 0 Å². The second-order valence-electron chi connectivity index (χ2n) is 3.82. The number of carbonyl (C=O) groups excluding carboxylic acids is 1. The molecule has 1 spiro atoms. The van der Waals surface area contributed by atoms with Gasteiger partial charge in [-0.2, -0.15) is 0 Å². The highest BCUT2D eigenvalue weighted by Crippen LogP contribution is 2.56. The van der Waals surface area contributed by atoms with Crippen molar-refractivity contribution in [2.45, 2.75) is 32.3 Å². The van der Waals surface area contributed by atoms with E-state index in [0.717, 1.165) is 12.8 Å². The molecule has 0 heterocycles. The van der Waals surface area contributed by atoms with Crippen LogP contribution in [0.5, 0.6) is 0 Å². The molecule has 2 heteroatoms. The second kappa shape index (κ2) is 2.07. The highest BCUT2D eigenvalue weighted by Gasteiger charge is 2.62. The van der Waals surface area contributed by atoms with Crippen LogP contribution in [0.15, 0.2) is 0 Å². The normalized spacial score (nSPS) is 40.0. The van der Waals surface area contributed by atoms with E-state index in [2.05, 4.69) is 0 Å². The van der Waals surface area contributed by atoms with Crippen LogP contribution in [0, 0.1) is 11.3 Å². The number of carbonyl (C=O) groups is 1. The maximum absolute atomic E-state index is 11.5. The molecule has 2 fully saturated rings. The van der Waals surface area contributed by atoms with E-state index in [9.17, 15) is 4.79 Å². The summed E-state index contributed by atoms with van der Waals surface area (Å²) in [5, 5.41) is 0. The summed E-state index contributed by atoms with van der Waals surface area (Å²) >= 11 is 0. The summed E-state index contributed by atoms with van der Waals surface area (Å²) in [7, 11) is 1.72. The lowest BCUT2D eigenvalue weighted by Gasteiger charge is -2.56. The maximum Gasteiger partial charge on any atom is 0.147 e. The van der Waals surface area contributed by atoms with Gasteiger partial charge >= 0.3 is 0 Å². The first-order valence-electron chi connectivity index (χ1n) is 4.29. The molecule has 0 N–H and O–H groups in total. The minimum atomic E-state index is -0.0197. The van der Waals surface area contributed by atoms with Crippen LogP contribution >= 0.6 is 0 Å². The van der Waals surface area contributed by atoms with Crippen molar-refractivity contribution in [2.24, 2.45) is 11.3 Å². The molecule has 2 saturated carbocycles. The summed E-state index contributed by atoms with van der Waals surface area (Å²) in [6, 6.07) is 0. The number of methoxy groups -OCH3 is 1. The monoisotopic (exact) mass is 154 g/mol. The molecule has 2 nitrogen and oxygen atoms in total. The van der Waals surface area contributed by atoms with Gasteiger partial charge < -0.3 is 4.74 Å². The fraction of sp³-hybridized carbons (Fsp3) is 0.889. The number of hydrogen-bond acceptors (Lipinski definition) is 2. The van der Waals surface area contributed by atoms with Gasteiger partial charge in [0.2, 0.25) is 0 Å². The summed E-state index contributed by atoms with van der Waals surface area (Å²) in [6.45, 7) is 1.97.